The van der Waals surface area contributed by atoms with E-state index < -0.39 is 4.31 Å². The van der Waals surface area contributed by atoms with E-state index in [0.29, 0.717) is 17.7 Å². The third-order valence-corrected chi connectivity index (χ3v) is 4.76. The third kappa shape index (κ3) is 3.45. The molecule has 0 radical (unpaired) electrons. The molecular weight excluding hydrogens is 287 g/mol. The predicted molar refractivity (Wildman–Crippen MR) is 64.6 cm³/mol. The van der Waals surface area contributed by atoms with E-state index in [4.69, 9.17) is 9.47 Å². The molecule has 1 aliphatic rings. The number of hydrogen-bond acceptors (Lipinski definition) is 4. The second kappa shape index (κ2) is 6.03. The fourth-order valence-corrected chi connectivity index (χ4v) is 3.48. The minimum atomic E-state index is -0.708. The molecule has 0 spiro atoms. The van der Waals surface area contributed by atoms with Gasteiger partial charge in [0.05, 0.1) is 0 Å². The van der Waals surface area contributed by atoms with Crippen LogP contribution < -0.4 is 0 Å². The van der Waals surface area contributed by atoms with Gasteiger partial charge in [-0.2, -0.15) is 0 Å². The minimum absolute atomic E-state index is 0.286. The Labute approximate surface area is 107 Å². The molecule has 94 valence electrons. The number of esters is 2. The summed E-state index contributed by atoms with van der Waals surface area (Å²) in [5, 5.41) is 0. The fraction of sp³-hybridized carbons (Fsp3) is 0.500. The molecule has 1 unspecified atom stereocenters. The van der Waals surface area contributed by atoms with Crippen molar-refractivity contribution in [1.82, 2.24) is 0 Å². The van der Waals surface area contributed by atoms with Gasteiger partial charge in [-0.05, 0) is 0 Å². The summed E-state index contributed by atoms with van der Waals surface area (Å²) in [7, 11) is 0. The van der Waals surface area contributed by atoms with Crippen molar-refractivity contribution >= 4 is 26.9 Å². The van der Waals surface area contributed by atoms with Gasteiger partial charge >= 0.3 is 107 Å². The second-order valence-electron chi connectivity index (χ2n) is 3.54. The average molecular weight is 303 g/mol. The Bertz CT molecular complexity index is 373. The zero-order valence-corrected chi connectivity index (χ0v) is 11.9. The van der Waals surface area contributed by atoms with Crippen LogP contribution >= 0.6 is 0 Å². The summed E-state index contributed by atoms with van der Waals surface area (Å²) >= 11 is -0.305. The van der Waals surface area contributed by atoms with E-state index in [-0.39, 0.29) is 26.9 Å². The quantitative estimate of drug-likeness (QED) is 0.583. The zero-order chi connectivity index (χ0) is 12.9. The molecule has 1 atom stereocenters. The molecule has 0 aromatic rings. The first-order chi connectivity index (χ1) is 8.03. The van der Waals surface area contributed by atoms with Crippen LogP contribution in [0.3, 0.4) is 0 Å². The van der Waals surface area contributed by atoms with E-state index in [2.05, 4.69) is 0 Å². The Morgan fingerprint density at radius 2 is 1.94 bits per heavy atom. The number of carbonyl (C=O) groups is 2. The van der Waals surface area contributed by atoms with Gasteiger partial charge in [-0.3, -0.25) is 0 Å². The summed E-state index contributed by atoms with van der Waals surface area (Å²) in [6.45, 7) is 5.99. The van der Waals surface area contributed by atoms with Gasteiger partial charge < -0.3 is 0 Å². The molecule has 0 saturated heterocycles. The van der Waals surface area contributed by atoms with Crippen LogP contribution in [0.15, 0.2) is 22.7 Å². The molecule has 1 rings (SSSR count). The molecule has 1 aliphatic heterocycles. The zero-order valence-electron chi connectivity index (χ0n) is 10.2. The molecule has 0 fully saturated rings. The second-order valence-corrected chi connectivity index (χ2v) is 6.67. The molecule has 0 aliphatic carbocycles. The summed E-state index contributed by atoms with van der Waals surface area (Å²) in [6.07, 6.45) is 5.21. The summed E-state index contributed by atoms with van der Waals surface area (Å²) in [6, 6.07) is 0. The Hall–Kier alpha value is -1.06. The number of ether oxygens (including phenoxy) is 2. The SMILES string of the molecule is CCOC(=O)C1=CC=CC(C)(C(=O)OCC)[Se]1. The van der Waals surface area contributed by atoms with Crippen molar-refractivity contribution in [2.24, 2.45) is 0 Å². The molecule has 0 N–H and O–H groups in total. The van der Waals surface area contributed by atoms with E-state index in [1.165, 1.54) is 0 Å². The van der Waals surface area contributed by atoms with Crippen LogP contribution in [0.4, 0.5) is 0 Å². The predicted octanol–water partition coefficient (Wildman–Crippen LogP) is 1.45. The van der Waals surface area contributed by atoms with E-state index in [0.717, 1.165) is 0 Å². The van der Waals surface area contributed by atoms with Gasteiger partial charge in [0, 0.05) is 0 Å². The van der Waals surface area contributed by atoms with Crippen LogP contribution in [0.5, 0.6) is 0 Å². The van der Waals surface area contributed by atoms with E-state index in [1.54, 1.807) is 39.0 Å². The molecular formula is C12H16O4Se. The van der Waals surface area contributed by atoms with E-state index >= 15 is 0 Å². The first-order valence-electron chi connectivity index (χ1n) is 5.46. The van der Waals surface area contributed by atoms with Gasteiger partial charge in [0.15, 0.2) is 0 Å². The Balaban J connectivity index is 2.77. The molecule has 0 amide bonds. The first-order valence-corrected chi connectivity index (χ1v) is 7.17. The van der Waals surface area contributed by atoms with Gasteiger partial charge in [0.2, 0.25) is 0 Å². The topological polar surface area (TPSA) is 52.6 Å². The standard InChI is InChI=1S/C12H16O4Se/c1-4-15-10(13)9-7-6-8-12(3,17-9)11(14)16-5-2/h6-8H,4-5H2,1-3H3. The fourth-order valence-electron chi connectivity index (χ4n) is 1.31. The molecule has 0 aromatic carbocycles. The summed E-state index contributed by atoms with van der Waals surface area (Å²) in [5.74, 6) is -0.626. The molecule has 0 aromatic heterocycles. The molecule has 4 nitrogen and oxygen atoms in total. The van der Waals surface area contributed by atoms with E-state index in [1.807, 2.05) is 0 Å². The van der Waals surface area contributed by atoms with Crippen molar-refractivity contribution in [3.8, 4) is 0 Å². The van der Waals surface area contributed by atoms with Crippen LogP contribution in [-0.2, 0) is 19.1 Å². The monoisotopic (exact) mass is 304 g/mol. The molecule has 0 bridgehead atoms. The van der Waals surface area contributed by atoms with Crippen LogP contribution in [-0.4, -0.2) is 40.1 Å². The summed E-state index contributed by atoms with van der Waals surface area (Å²) < 4.78 is 9.81. The summed E-state index contributed by atoms with van der Waals surface area (Å²) in [5.41, 5.74) is 0. The van der Waals surface area contributed by atoms with Crippen molar-refractivity contribution in [1.29, 1.82) is 0 Å². The van der Waals surface area contributed by atoms with Gasteiger partial charge in [0.25, 0.3) is 0 Å². The number of allylic oxidation sites excluding steroid dienone is 2. The van der Waals surface area contributed by atoms with Gasteiger partial charge in [0.1, 0.15) is 0 Å². The maximum absolute atomic E-state index is 11.8. The van der Waals surface area contributed by atoms with Gasteiger partial charge in [-0.15, -0.1) is 0 Å². The molecule has 5 heteroatoms. The van der Waals surface area contributed by atoms with Gasteiger partial charge in [-0.1, -0.05) is 0 Å². The normalized spacial score (nSPS) is 22.9. The molecule has 0 saturated carbocycles. The van der Waals surface area contributed by atoms with Crippen LogP contribution in [0.25, 0.3) is 0 Å². The van der Waals surface area contributed by atoms with E-state index in [9.17, 15) is 9.59 Å². The van der Waals surface area contributed by atoms with Crippen molar-refractivity contribution < 1.29 is 19.1 Å². The number of hydrogen-bond donors (Lipinski definition) is 0. The number of carbonyl (C=O) groups excluding carboxylic acids is 2. The van der Waals surface area contributed by atoms with Crippen LogP contribution in [0, 0.1) is 0 Å². The Kier molecular flexibility index (Phi) is 4.97. The summed E-state index contributed by atoms with van der Waals surface area (Å²) in [4.78, 5) is 23.4. The molecule has 1 heterocycles. The van der Waals surface area contributed by atoms with Crippen molar-refractivity contribution in [2.75, 3.05) is 13.2 Å². The van der Waals surface area contributed by atoms with Crippen molar-refractivity contribution in [2.45, 2.75) is 25.1 Å². The Morgan fingerprint density at radius 1 is 1.29 bits per heavy atom. The maximum atomic E-state index is 11.8. The van der Waals surface area contributed by atoms with Gasteiger partial charge in [-0.25, -0.2) is 0 Å². The number of rotatable bonds is 4. The average Bonchev–Trinajstić information content (AvgIpc) is 2.30. The van der Waals surface area contributed by atoms with Crippen molar-refractivity contribution in [3.05, 3.63) is 22.7 Å². The first kappa shape index (κ1) is 14.0. The Morgan fingerprint density at radius 3 is 2.53 bits per heavy atom. The van der Waals surface area contributed by atoms with Crippen LogP contribution in [0.1, 0.15) is 20.8 Å². The van der Waals surface area contributed by atoms with Crippen LogP contribution in [0.2, 0.25) is 4.31 Å². The van der Waals surface area contributed by atoms with Crippen molar-refractivity contribution in [3.63, 3.8) is 0 Å². The molecule has 17 heavy (non-hydrogen) atoms. The third-order valence-electron chi connectivity index (χ3n) is 2.14.